The highest BCUT2D eigenvalue weighted by Gasteiger charge is 1.98. The summed E-state index contributed by atoms with van der Waals surface area (Å²) in [6.45, 7) is 0.505. The minimum Gasteiger partial charge on any atom is -0.362 e. The van der Waals surface area contributed by atoms with Gasteiger partial charge in [0.15, 0.2) is 0 Å². The van der Waals surface area contributed by atoms with Gasteiger partial charge in [0.25, 0.3) is 0 Å². The summed E-state index contributed by atoms with van der Waals surface area (Å²) in [6, 6.07) is 1.73. The van der Waals surface area contributed by atoms with Crippen LogP contribution in [-0.4, -0.2) is 18.1 Å². The molecule has 0 aromatic carbocycles. The summed E-state index contributed by atoms with van der Waals surface area (Å²) in [5.74, 6) is 0. The molecule has 1 heterocycles. The van der Waals surface area contributed by atoms with Gasteiger partial charge in [0.05, 0.1) is 6.54 Å². The zero-order chi connectivity index (χ0) is 8.97. The molecular weight excluding hydrogens is 222 g/mol. The van der Waals surface area contributed by atoms with E-state index in [0.29, 0.717) is 6.54 Å². The molecule has 0 aliphatic heterocycles. The van der Waals surface area contributed by atoms with Gasteiger partial charge in [0.1, 0.15) is 0 Å². The van der Waals surface area contributed by atoms with E-state index in [1.54, 1.807) is 7.05 Å². The summed E-state index contributed by atoms with van der Waals surface area (Å²) >= 11 is 3.30. The van der Waals surface area contributed by atoms with Crippen LogP contribution in [0.3, 0.4) is 0 Å². The van der Waals surface area contributed by atoms with Crippen molar-refractivity contribution in [2.45, 2.75) is 6.54 Å². The first-order valence-electron chi connectivity index (χ1n) is 3.50. The van der Waals surface area contributed by atoms with Crippen LogP contribution in [-0.2, 0) is 6.54 Å². The van der Waals surface area contributed by atoms with Gasteiger partial charge in [-0.1, -0.05) is 0 Å². The van der Waals surface area contributed by atoms with Crippen molar-refractivity contribution in [3.05, 3.63) is 22.4 Å². The van der Waals surface area contributed by atoms with E-state index in [2.05, 4.69) is 31.5 Å². The minimum absolute atomic E-state index is 0.180. The second kappa shape index (κ2) is 4.15. The molecule has 0 unspecified atom stereocenters. The maximum atomic E-state index is 10.7. The third-order valence-corrected chi connectivity index (χ3v) is 1.83. The molecule has 0 aliphatic rings. The lowest BCUT2D eigenvalue weighted by atomic mass is 10.4. The molecular formula is C7H10BrN3O. The molecule has 1 rings (SSSR count). The van der Waals surface area contributed by atoms with Crippen molar-refractivity contribution in [3.8, 4) is 0 Å². The maximum absolute atomic E-state index is 10.7. The molecule has 66 valence electrons. The fourth-order valence-corrected chi connectivity index (χ4v) is 1.17. The second-order valence-corrected chi connectivity index (χ2v) is 3.19. The van der Waals surface area contributed by atoms with Crippen LogP contribution >= 0.6 is 15.9 Å². The lowest BCUT2D eigenvalue weighted by Gasteiger charge is -2.00. The number of carbonyl (C=O) groups is 1. The van der Waals surface area contributed by atoms with E-state index >= 15 is 0 Å². The van der Waals surface area contributed by atoms with Gasteiger partial charge < -0.3 is 15.6 Å². The first-order chi connectivity index (χ1) is 5.72. The van der Waals surface area contributed by atoms with Crippen LogP contribution in [0, 0.1) is 0 Å². The Balaban J connectivity index is 2.38. The Kier molecular flexibility index (Phi) is 3.16. The van der Waals surface area contributed by atoms with Gasteiger partial charge in [-0.3, -0.25) is 0 Å². The van der Waals surface area contributed by atoms with E-state index in [-0.39, 0.29) is 6.03 Å². The highest BCUT2D eigenvalue weighted by molar-refractivity contribution is 9.10. The van der Waals surface area contributed by atoms with Crippen LogP contribution in [0.25, 0.3) is 0 Å². The number of rotatable bonds is 2. The molecule has 4 nitrogen and oxygen atoms in total. The molecule has 0 bridgehead atoms. The lowest BCUT2D eigenvalue weighted by molar-refractivity contribution is 0.242. The van der Waals surface area contributed by atoms with Crippen molar-refractivity contribution in [2.24, 2.45) is 0 Å². The number of hydrogen-bond acceptors (Lipinski definition) is 1. The number of hydrogen-bond donors (Lipinski definition) is 3. The first kappa shape index (κ1) is 9.12. The topological polar surface area (TPSA) is 56.9 Å². The third kappa shape index (κ3) is 2.58. The van der Waals surface area contributed by atoms with Gasteiger partial charge in [0.2, 0.25) is 0 Å². The Morgan fingerprint density at radius 1 is 1.75 bits per heavy atom. The van der Waals surface area contributed by atoms with Crippen LogP contribution in [0.5, 0.6) is 0 Å². The minimum atomic E-state index is -0.180. The average Bonchev–Trinajstić information content (AvgIpc) is 2.47. The summed E-state index contributed by atoms with van der Waals surface area (Å²) in [6.07, 6.45) is 1.82. The lowest BCUT2D eigenvalue weighted by Crippen LogP contribution is -2.32. The monoisotopic (exact) mass is 231 g/mol. The van der Waals surface area contributed by atoms with E-state index in [4.69, 9.17) is 0 Å². The van der Waals surface area contributed by atoms with E-state index in [1.807, 2.05) is 12.3 Å². The van der Waals surface area contributed by atoms with Crippen molar-refractivity contribution in [1.82, 2.24) is 15.6 Å². The molecule has 0 radical (unpaired) electrons. The Labute approximate surface area is 78.9 Å². The molecule has 12 heavy (non-hydrogen) atoms. The number of H-pyrrole nitrogens is 1. The summed E-state index contributed by atoms with van der Waals surface area (Å²) in [5, 5.41) is 5.13. The van der Waals surface area contributed by atoms with Gasteiger partial charge >= 0.3 is 6.03 Å². The number of urea groups is 1. The summed E-state index contributed by atoms with van der Waals surface area (Å²) in [7, 11) is 1.58. The van der Waals surface area contributed by atoms with Gasteiger partial charge in [0, 0.05) is 23.4 Å². The molecule has 0 spiro atoms. The normalized spacial score (nSPS) is 9.50. The van der Waals surface area contributed by atoms with Crippen LogP contribution in [0.1, 0.15) is 5.69 Å². The van der Waals surface area contributed by atoms with Crippen molar-refractivity contribution in [3.63, 3.8) is 0 Å². The zero-order valence-electron chi connectivity index (χ0n) is 6.65. The van der Waals surface area contributed by atoms with Crippen molar-refractivity contribution < 1.29 is 4.79 Å². The molecule has 0 aliphatic carbocycles. The van der Waals surface area contributed by atoms with Crippen LogP contribution in [0.4, 0.5) is 4.79 Å². The fraction of sp³-hybridized carbons (Fsp3) is 0.286. The standard InChI is InChI=1S/C7H10BrN3O/c1-9-7(12)11-4-6-2-5(8)3-10-6/h2-3,10H,4H2,1H3,(H2,9,11,12). The first-order valence-corrected chi connectivity index (χ1v) is 4.30. The molecule has 0 atom stereocenters. The average molecular weight is 232 g/mol. The molecule has 5 heteroatoms. The Hall–Kier alpha value is -0.970. The number of aromatic nitrogens is 1. The number of aromatic amines is 1. The molecule has 1 aromatic heterocycles. The smallest absolute Gasteiger partial charge is 0.314 e. The van der Waals surface area contributed by atoms with E-state index in [9.17, 15) is 4.79 Å². The van der Waals surface area contributed by atoms with Crippen LogP contribution in [0.2, 0.25) is 0 Å². The molecule has 3 N–H and O–H groups in total. The van der Waals surface area contributed by atoms with Crippen LogP contribution < -0.4 is 10.6 Å². The van der Waals surface area contributed by atoms with E-state index < -0.39 is 0 Å². The SMILES string of the molecule is CNC(=O)NCc1cc(Br)c[nH]1. The second-order valence-electron chi connectivity index (χ2n) is 2.28. The third-order valence-electron chi connectivity index (χ3n) is 1.37. The molecule has 0 fully saturated rings. The summed E-state index contributed by atoms with van der Waals surface area (Å²) in [4.78, 5) is 13.7. The molecule has 1 aromatic rings. The van der Waals surface area contributed by atoms with Crippen LogP contribution in [0.15, 0.2) is 16.7 Å². The molecule has 0 saturated carbocycles. The van der Waals surface area contributed by atoms with E-state index in [0.717, 1.165) is 10.2 Å². The number of halogens is 1. The van der Waals surface area contributed by atoms with Gasteiger partial charge in [-0.25, -0.2) is 4.79 Å². The van der Waals surface area contributed by atoms with Crippen molar-refractivity contribution >= 4 is 22.0 Å². The van der Waals surface area contributed by atoms with Crippen molar-refractivity contribution in [2.75, 3.05) is 7.05 Å². The van der Waals surface area contributed by atoms with Gasteiger partial charge in [-0.05, 0) is 22.0 Å². The summed E-state index contributed by atoms with van der Waals surface area (Å²) < 4.78 is 0.983. The maximum Gasteiger partial charge on any atom is 0.314 e. The Morgan fingerprint density at radius 2 is 2.50 bits per heavy atom. The molecule has 2 amide bonds. The highest BCUT2D eigenvalue weighted by Crippen LogP contribution is 2.09. The predicted molar refractivity (Wildman–Crippen MR) is 49.8 cm³/mol. The number of amides is 2. The van der Waals surface area contributed by atoms with E-state index in [1.165, 1.54) is 0 Å². The number of nitrogens with one attached hydrogen (secondary N) is 3. The number of carbonyl (C=O) groups excluding carboxylic acids is 1. The zero-order valence-corrected chi connectivity index (χ0v) is 8.23. The predicted octanol–water partition coefficient (Wildman–Crippen LogP) is 1.21. The summed E-state index contributed by atoms with van der Waals surface area (Å²) in [5.41, 5.74) is 0.963. The molecule has 0 saturated heterocycles. The highest BCUT2D eigenvalue weighted by atomic mass is 79.9. The van der Waals surface area contributed by atoms with Gasteiger partial charge in [-0.15, -0.1) is 0 Å². The Morgan fingerprint density at radius 3 is 3.00 bits per heavy atom. The Bertz CT molecular complexity index is 271. The quantitative estimate of drug-likeness (QED) is 0.705. The van der Waals surface area contributed by atoms with Crippen molar-refractivity contribution in [1.29, 1.82) is 0 Å². The fourth-order valence-electron chi connectivity index (χ4n) is 0.777. The van der Waals surface area contributed by atoms with Gasteiger partial charge in [-0.2, -0.15) is 0 Å². The largest absolute Gasteiger partial charge is 0.362 e.